The lowest BCUT2D eigenvalue weighted by molar-refractivity contribution is 1.14. The highest BCUT2D eigenvalue weighted by Crippen LogP contribution is 2.30. The van der Waals surface area contributed by atoms with Crippen LogP contribution in [0.2, 0.25) is 10.3 Å². The fourth-order valence-electron chi connectivity index (χ4n) is 2.04. The Morgan fingerprint density at radius 1 is 0.944 bits per heavy atom. The summed E-state index contributed by atoms with van der Waals surface area (Å²) >= 11 is 14.2. The quantitative estimate of drug-likeness (QED) is 0.505. The third kappa shape index (κ3) is 2.63. The molecule has 0 aliphatic heterocycles. The van der Waals surface area contributed by atoms with Crippen LogP contribution in [0.5, 0.6) is 0 Å². The zero-order valence-corrected chi connectivity index (χ0v) is 13.9. The molecule has 0 aliphatic carbocycles. The normalized spacial score (nSPS) is 10.8. The van der Waals surface area contributed by atoms with Crippen LogP contribution in [-0.4, -0.2) is 9.97 Å². The van der Waals surface area contributed by atoms with Gasteiger partial charge >= 0.3 is 0 Å². The average Bonchev–Trinajstić information content (AvgIpc) is 2.24. The lowest BCUT2D eigenvalue weighted by atomic mass is 9.99. The zero-order chi connectivity index (χ0) is 13.4. The molecule has 0 fully saturated rings. The van der Waals surface area contributed by atoms with Crippen LogP contribution < -0.4 is 0 Å². The van der Waals surface area contributed by atoms with Gasteiger partial charge in [0.15, 0.2) is 5.82 Å². The Bertz CT molecular complexity index is 580. The Hall–Kier alpha value is -0.390. The largest absolute Gasteiger partial charge is 0.215 e. The molecule has 1 aromatic carbocycles. The van der Waals surface area contributed by atoms with Gasteiger partial charge in [0.2, 0.25) is 0 Å². The van der Waals surface area contributed by atoms with Gasteiger partial charge in [-0.05, 0) is 54.5 Å². The number of aryl methyl sites for hydroxylation is 3. The van der Waals surface area contributed by atoms with E-state index in [0.717, 1.165) is 16.7 Å². The molecule has 1 heterocycles. The first-order chi connectivity index (χ1) is 8.40. The van der Waals surface area contributed by atoms with Crippen molar-refractivity contribution in [2.75, 3.05) is 0 Å². The van der Waals surface area contributed by atoms with Gasteiger partial charge < -0.3 is 0 Å². The SMILES string of the molecule is Cc1cc(C)c(-c2nc(Cl)c(I)c(Cl)n2)c(C)c1. The Labute approximate surface area is 130 Å². The second-order valence-corrected chi connectivity index (χ2v) is 6.01. The summed E-state index contributed by atoms with van der Waals surface area (Å²) in [5.41, 5.74) is 4.47. The monoisotopic (exact) mass is 392 g/mol. The second-order valence-electron chi connectivity index (χ2n) is 4.22. The molecular weight excluding hydrogens is 382 g/mol. The van der Waals surface area contributed by atoms with Crippen LogP contribution in [0, 0.1) is 24.3 Å². The smallest absolute Gasteiger partial charge is 0.163 e. The van der Waals surface area contributed by atoms with E-state index in [1.165, 1.54) is 5.56 Å². The number of rotatable bonds is 1. The topological polar surface area (TPSA) is 25.8 Å². The predicted octanol–water partition coefficient (Wildman–Crippen LogP) is 4.98. The van der Waals surface area contributed by atoms with E-state index in [0.29, 0.717) is 19.7 Å². The summed E-state index contributed by atoms with van der Waals surface area (Å²) in [7, 11) is 0. The summed E-state index contributed by atoms with van der Waals surface area (Å²) in [5.74, 6) is 0.584. The summed E-state index contributed by atoms with van der Waals surface area (Å²) in [6.45, 7) is 6.15. The van der Waals surface area contributed by atoms with Crippen molar-refractivity contribution in [3.8, 4) is 11.4 Å². The van der Waals surface area contributed by atoms with Crippen molar-refractivity contribution in [2.24, 2.45) is 0 Å². The molecule has 0 saturated carbocycles. The molecule has 2 aromatic rings. The Kier molecular flexibility index (Phi) is 4.14. The van der Waals surface area contributed by atoms with Crippen molar-refractivity contribution in [1.29, 1.82) is 0 Å². The van der Waals surface area contributed by atoms with Crippen LogP contribution in [0.15, 0.2) is 12.1 Å². The molecule has 2 rings (SSSR count). The number of hydrogen-bond donors (Lipinski definition) is 0. The zero-order valence-electron chi connectivity index (χ0n) is 10.2. The number of hydrogen-bond acceptors (Lipinski definition) is 2. The van der Waals surface area contributed by atoms with Gasteiger partial charge in [0.05, 0.1) is 3.57 Å². The van der Waals surface area contributed by atoms with Gasteiger partial charge in [-0.1, -0.05) is 40.9 Å². The lowest BCUT2D eigenvalue weighted by Gasteiger charge is -2.11. The van der Waals surface area contributed by atoms with Crippen molar-refractivity contribution < 1.29 is 0 Å². The summed E-state index contributed by atoms with van der Waals surface area (Å²) in [4.78, 5) is 8.64. The lowest BCUT2D eigenvalue weighted by Crippen LogP contribution is -1.98. The summed E-state index contributed by atoms with van der Waals surface area (Å²) in [6, 6.07) is 4.21. The minimum absolute atomic E-state index is 0.393. The molecule has 0 bridgehead atoms. The molecular formula is C13H11Cl2IN2. The number of nitrogens with zero attached hydrogens (tertiary/aromatic N) is 2. The molecule has 1 aromatic heterocycles. The van der Waals surface area contributed by atoms with E-state index in [-0.39, 0.29) is 0 Å². The molecule has 0 aliphatic rings. The molecule has 94 valence electrons. The fraction of sp³-hybridized carbons (Fsp3) is 0.231. The maximum Gasteiger partial charge on any atom is 0.163 e. The predicted molar refractivity (Wildman–Crippen MR) is 84.4 cm³/mol. The first-order valence-corrected chi connectivity index (χ1v) is 7.20. The van der Waals surface area contributed by atoms with Crippen molar-refractivity contribution in [2.45, 2.75) is 20.8 Å². The van der Waals surface area contributed by atoms with Crippen molar-refractivity contribution in [3.05, 3.63) is 42.7 Å². The van der Waals surface area contributed by atoms with Gasteiger partial charge in [0.1, 0.15) is 10.3 Å². The standard InChI is InChI=1S/C13H11Cl2IN2/c1-6-4-7(2)9(8(3)5-6)13-17-11(14)10(16)12(15)18-13/h4-5H,1-3H3. The van der Waals surface area contributed by atoms with Gasteiger partial charge in [-0.15, -0.1) is 0 Å². The van der Waals surface area contributed by atoms with Gasteiger partial charge in [0, 0.05) is 5.56 Å². The Balaban J connectivity index is 2.70. The van der Waals surface area contributed by atoms with E-state index in [1.54, 1.807) is 0 Å². The minimum atomic E-state index is 0.393. The Morgan fingerprint density at radius 3 is 1.83 bits per heavy atom. The summed E-state index contributed by atoms with van der Waals surface area (Å²) in [6.07, 6.45) is 0. The minimum Gasteiger partial charge on any atom is -0.215 e. The van der Waals surface area contributed by atoms with Crippen LogP contribution in [0.25, 0.3) is 11.4 Å². The molecule has 0 saturated heterocycles. The highest BCUT2D eigenvalue weighted by molar-refractivity contribution is 14.1. The van der Waals surface area contributed by atoms with Crippen molar-refractivity contribution in [1.82, 2.24) is 9.97 Å². The summed E-state index contributed by atoms with van der Waals surface area (Å²) < 4.78 is 0.683. The summed E-state index contributed by atoms with van der Waals surface area (Å²) in [5, 5.41) is 0.787. The van der Waals surface area contributed by atoms with Crippen molar-refractivity contribution >= 4 is 45.8 Å². The second kappa shape index (κ2) is 5.31. The van der Waals surface area contributed by atoms with E-state index in [4.69, 9.17) is 23.2 Å². The van der Waals surface area contributed by atoms with E-state index in [1.807, 2.05) is 36.4 Å². The van der Waals surface area contributed by atoms with E-state index >= 15 is 0 Å². The fourth-order valence-corrected chi connectivity index (χ4v) is 2.67. The van der Waals surface area contributed by atoms with Gasteiger partial charge in [-0.25, -0.2) is 9.97 Å². The molecule has 0 radical (unpaired) electrons. The molecule has 0 amide bonds. The van der Waals surface area contributed by atoms with E-state index in [9.17, 15) is 0 Å². The van der Waals surface area contributed by atoms with Gasteiger partial charge in [-0.2, -0.15) is 0 Å². The van der Waals surface area contributed by atoms with Crippen LogP contribution in [0.4, 0.5) is 0 Å². The van der Waals surface area contributed by atoms with Gasteiger partial charge in [0.25, 0.3) is 0 Å². The van der Waals surface area contributed by atoms with Crippen LogP contribution >= 0.6 is 45.8 Å². The number of benzene rings is 1. The Morgan fingerprint density at radius 2 is 1.39 bits per heavy atom. The highest BCUT2D eigenvalue weighted by Gasteiger charge is 2.14. The third-order valence-electron chi connectivity index (χ3n) is 2.67. The molecule has 0 unspecified atom stereocenters. The van der Waals surface area contributed by atoms with Crippen molar-refractivity contribution in [3.63, 3.8) is 0 Å². The number of aromatic nitrogens is 2. The molecule has 0 atom stereocenters. The van der Waals surface area contributed by atoms with Crippen LogP contribution in [-0.2, 0) is 0 Å². The highest BCUT2D eigenvalue weighted by atomic mass is 127. The first-order valence-electron chi connectivity index (χ1n) is 5.37. The molecule has 18 heavy (non-hydrogen) atoms. The molecule has 0 spiro atoms. The molecule has 0 N–H and O–H groups in total. The first kappa shape index (κ1) is 14.0. The van der Waals surface area contributed by atoms with E-state index < -0.39 is 0 Å². The van der Waals surface area contributed by atoms with Crippen LogP contribution in [0.3, 0.4) is 0 Å². The van der Waals surface area contributed by atoms with Crippen LogP contribution in [0.1, 0.15) is 16.7 Å². The maximum absolute atomic E-state index is 6.06. The molecule has 2 nitrogen and oxygen atoms in total. The van der Waals surface area contributed by atoms with E-state index in [2.05, 4.69) is 29.0 Å². The maximum atomic E-state index is 6.06. The average molecular weight is 393 g/mol. The third-order valence-corrected chi connectivity index (χ3v) is 4.88. The molecule has 5 heteroatoms. The number of halogens is 3. The van der Waals surface area contributed by atoms with Gasteiger partial charge in [-0.3, -0.25) is 0 Å².